The van der Waals surface area contributed by atoms with Gasteiger partial charge in [-0.25, -0.2) is 23.2 Å². The number of carbonyl (C=O) groups is 1. The minimum Gasteiger partial charge on any atom is -0.325 e. The van der Waals surface area contributed by atoms with Crippen molar-refractivity contribution in [2.45, 2.75) is 94.3 Å². The second kappa shape index (κ2) is 11.8. The summed E-state index contributed by atoms with van der Waals surface area (Å²) in [6, 6.07) is 8.38. The van der Waals surface area contributed by atoms with E-state index < -0.39 is 17.9 Å². The van der Waals surface area contributed by atoms with Crippen LogP contribution in [0.3, 0.4) is 0 Å². The third-order valence-electron chi connectivity index (χ3n) is 9.66. The molecule has 5 rings (SSSR count). The van der Waals surface area contributed by atoms with E-state index in [1.807, 2.05) is 18.0 Å². The third-order valence-corrected chi connectivity index (χ3v) is 17.1. The summed E-state index contributed by atoms with van der Waals surface area (Å²) in [7, 11) is -3.50. The summed E-state index contributed by atoms with van der Waals surface area (Å²) in [4.78, 5) is 31.9. The zero-order valence-corrected chi connectivity index (χ0v) is 28.9. The maximum absolute atomic E-state index is 13.6. The number of hydrogen-bond donors (Lipinski definition) is 1. The zero-order chi connectivity index (χ0) is 32.0. The van der Waals surface area contributed by atoms with E-state index in [-0.39, 0.29) is 16.5 Å². The number of likely N-dealkylation sites (N-methyl/N-ethyl adjacent to an activating group) is 1. The van der Waals surface area contributed by atoms with Gasteiger partial charge in [0.05, 0.1) is 15.8 Å². The SMILES string of the molecule is CC(C)[Si](C#Cc1cc(N2C(=O)N(C)CC23CCCC3)nc2nc(Nc3ccc(S(C)(=O)=O)cc3)ncc12)(C(C)C)C(C)C. The standard InChI is InChI=1S/C33H44N6O3SSi/c1-22(2)44(23(3)4,24(5)6)18-15-25-19-29(39-32(40)38(7)21-33(39)16-9-10-17-33)36-30-28(25)20-34-31(37-30)35-26-11-13-27(14-12-26)43(8,41)42/h11-14,19-20,22-24H,9-10,16-17,21H2,1-8H3,(H,34,35,36,37). The van der Waals surface area contributed by atoms with Crippen molar-refractivity contribution in [1.82, 2.24) is 19.9 Å². The van der Waals surface area contributed by atoms with Gasteiger partial charge in [-0.2, -0.15) is 4.98 Å². The lowest BCUT2D eigenvalue weighted by atomic mass is 9.96. The Hall–Kier alpha value is -3.49. The number of nitrogens with one attached hydrogen (secondary N) is 1. The van der Waals surface area contributed by atoms with Crippen LogP contribution in [0, 0.1) is 11.5 Å². The molecular weight excluding hydrogens is 589 g/mol. The van der Waals surface area contributed by atoms with Crippen molar-refractivity contribution >= 4 is 52.4 Å². The number of amides is 2. The molecule has 2 amide bonds. The molecule has 1 aromatic carbocycles. The Morgan fingerprint density at radius 1 is 0.977 bits per heavy atom. The van der Waals surface area contributed by atoms with E-state index >= 15 is 0 Å². The van der Waals surface area contributed by atoms with Crippen molar-refractivity contribution in [2.24, 2.45) is 0 Å². The van der Waals surface area contributed by atoms with Gasteiger partial charge in [0, 0.05) is 37.3 Å². The van der Waals surface area contributed by atoms with Gasteiger partial charge in [0.25, 0.3) is 0 Å². The van der Waals surface area contributed by atoms with Gasteiger partial charge in [-0.15, -0.1) is 5.54 Å². The topological polar surface area (TPSA) is 108 Å². The van der Waals surface area contributed by atoms with Crippen molar-refractivity contribution in [2.75, 3.05) is 30.1 Å². The molecule has 44 heavy (non-hydrogen) atoms. The number of pyridine rings is 1. The van der Waals surface area contributed by atoms with Crippen molar-refractivity contribution in [3.05, 3.63) is 42.1 Å². The van der Waals surface area contributed by atoms with E-state index in [4.69, 9.17) is 9.97 Å². The first-order chi connectivity index (χ1) is 20.7. The molecule has 1 spiro atoms. The minimum absolute atomic E-state index is 0.0497. The smallest absolute Gasteiger partial charge is 0.325 e. The van der Waals surface area contributed by atoms with Crippen LogP contribution in [0.5, 0.6) is 0 Å². The van der Waals surface area contributed by atoms with Crippen molar-refractivity contribution in [3.63, 3.8) is 0 Å². The summed E-state index contributed by atoms with van der Waals surface area (Å²) in [6.45, 7) is 14.4. The van der Waals surface area contributed by atoms with Gasteiger partial charge in [0.1, 0.15) is 13.9 Å². The molecule has 0 atom stereocenters. The quantitative estimate of drug-likeness (QED) is 0.222. The number of urea groups is 1. The number of nitrogens with zero attached hydrogens (tertiary/aromatic N) is 5. The largest absolute Gasteiger partial charge is 0.326 e. The Morgan fingerprint density at radius 2 is 1.59 bits per heavy atom. The molecule has 0 radical (unpaired) electrons. The van der Waals surface area contributed by atoms with Gasteiger partial charge in [0.2, 0.25) is 5.95 Å². The summed E-state index contributed by atoms with van der Waals surface area (Å²) in [5.41, 5.74) is 6.86. The molecule has 3 heterocycles. The molecule has 2 aliphatic rings. The first-order valence-electron chi connectivity index (χ1n) is 15.5. The summed E-state index contributed by atoms with van der Waals surface area (Å²) >= 11 is 0. The number of sulfone groups is 1. The lowest BCUT2D eigenvalue weighted by molar-refractivity contribution is 0.229. The second-order valence-corrected chi connectivity index (χ2v) is 21.0. The molecule has 2 aromatic heterocycles. The number of hydrogen-bond acceptors (Lipinski definition) is 7. The van der Waals surface area contributed by atoms with Crippen LogP contribution in [-0.4, -0.2) is 67.8 Å². The monoisotopic (exact) mass is 632 g/mol. The molecule has 0 bridgehead atoms. The normalized spacial score (nSPS) is 16.9. The van der Waals surface area contributed by atoms with E-state index in [0.29, 0.717) is 46.3 Å². The van der Waals surface area contributed by atoms with Crippen LogP contribution in [0.4, 0.5) is 22.2 Å². The van der Waals surface area contributed by atoms with Crippen LogP contribution < -0.4 is 10.2 Å². The van der Waals surface area contributed by atoms with Crippen molar-refractivity contribution in [3.8, 4) is 11.5 Å². The number of anilines is 3. The highest BCUT2D eigenvalue weighted by molar-refractivity contribution is 7.90. The number of benzene rings is 1. The number of aromatic nitrogens is 3. The molecule has 1 aliphatic heterocycles. The molecular formula is C33H44N6O3SSi. The fourth-order valence-electron chi connectivity index (χ4n) is 7.51. The molecule has 1 N–H and O–H groups in total. The predicted molar refractivity (Wildman–Crippen MR) is 180 cm³/mol. The molecule has 1 saturated carbocycles. The third kappa shape index (κ3) is 5.70. The highest BCUT2D eigenvalue weighted by Crippen LogP contribution is 2.44. The van der Waals surface area contributed by atoms with Gasteiger partial charge in [0.15, 0.2) is 15.5 Å². The van der Waals surface area contributed by atoms with E-state index in [1.165, 1.54) is 6.26 Å². The summed E-state index contributed by atoms with van der Waals surface area (Å²) in [5, 5.41) is 3.91. The van der Waals surface area contributed by atoms with Crippen molar-refractivity contribution in [1.29, 1.82) is 0 Å². The number of fused-ring (bicyclic) bond motifs is 1. The molecule has 2 fully saturated rings. The maximum Gasteiger partial charge on any atom is 0.326 e. The predicted octanol–water partition coefficient (Wildman–Crippen LogP) is 6.93. The van der Waals surface area contributed by atoms with Crippen molar-refractivity contribution < 1.29 is 13.2 Å². The van der Waals surface area contributed by atoms with Gasteiger partial charge >= 0.3 is 6.03 Å². The lowest BCUT2D eigenvalue weighted by Crippen LogP contribution is -2.45. The fraction of sp³-hybridized carbons (Fsp3) is 0.515. The van der Waals surface area contributed by atoms with E-state index in [2.05, 4.69) is 63.3 Å². The number of carbonyl (C=O) groups excluding carboxylic acids is 1. The van der Waals surface area contributed by atoms with Crippen LogP contribution in [0.1, 0.15) is 72.8 Å². The van der Waals surface area contributed by atoms with Gasteiger partial charge < -0.3 is 10.2 Å². The second-order valence-electron chi connectivity index (χ2n) is 13.4. The Balaban J connectivity index is 1.65. The molecule has 1 saturated heterocycles. The van der Waals surface area contributed by atoms with Gasteiger partial charge in [-0.05, 0) is 59.8 Å². The highest BCUT2D eigenvalue weighted by atomic mass is 32.2. The molecule has 11 heteroatoms. The molecule has 3 aromatic rings. The minimum atomic E-state index is -3.30. The summed E-state index contributed by atoms with van der Waals surface area (Å²) in [6.07, 6.45) is 6.96. The van der Waals surface area contributed by atoms with E-state index in [1.54, 1.807) is 35.4 Å². The average molecular weight is 633 g/mol. The van der Waals surface area contributed by atoms with Crippen LogP contribution in [-0.2, 0) is 9.84 Å². The Labute approximate surface area is 262 Å². The fourth-order valence-corrected chi connectivity index (χ4v) is 13.4. The van der Waals surface area contributed by atoms with E-state index in [9.17, 15) is 13.2 Å². The first kappa shape index (κ1) is 31.9. The Bertz CT molecular complexity index is 1720. The first-order valence-corrected chi connectivity index (χ1v) is 19.6. The summed E-state index contributed by atoms with van der Waals surface area (Å²) < 4.78 is 23.8. The zero-order valence-electron chi connectivity index (χ0n) is 27.1. The number of rotatable bonds is 7. The molecule has 234 valence electrons. The Kier molecular flexibility index (Phi) is 8.55. The summed E-state index contributed by atoms with van der Waals surface area (Å²) in [5.74, 6) is 4.49. The lowest BCUT2D eigenvalue weighted by Gasteiger charge is -2.38. The van der Waals surface area contributed by atoms with Crippen LogP contribution in [0.15, 0.2) is 41.4 Å². The Morgan fingerprint density at radius 3 is 2.16 bits per heavy atom. The highest BCUT2D eigenvalue weighted by Gasteiger charge is 2.51. The van der Waals surface area contributed by atoms with Crippen LogP contribution in [0.2, 0.25) is 16.6 Å². The molecule has 0 unspecified atom stereocenters. The van der Waals surface area contributed by atoms with Gasteiger partial charge in [-0.1, -0.05) is 60.3 Å². The molecule has 9 nitrogen and oxygen atoms in total. The van der Waals surface area contributed by atoms with Crippen LogP contribution in [0.25, 0.3) is 11.0 Å². The van der Waals surface area contributed by atoms with E-state index in [0.717, 1.165) is 36.6 Å². The average Bonchev–Trinajstić information content (AvgIpc) is 3.50. The van der Waals surface area contributed by atoms with Crippen LogP contribution >= 0.6 is 0 Å². The molecule has 1 aliphatic carbocycles. The maximum atomic E-state index is 13.6. The van der Waals surface area contributed by atoms with Gasteiger partial charge in [-0.3, -0.25) is 4.90 Å².